The average molecular weight is 401 g/mol. The largest absolute Gasteiger partial charge is 1.00 e. The highest BCUT2D eigenvalue weighted by atomic mass is 79.9. The lowest BCUT2D eigenvalue weighted by Gasteiger charge is -2.06. The van der Waals surface area contributed by atoms with E-state index in [1.165, 1.54) is 18.2 Å². The molecule has 23 heavy (non-hydrogen) atoms. The normalized spacial score (nSPS) is 9.83. The van der Waals surface area contributed by atoms with E-state index < -0.39 is 4.92 Å². The van der Waals surface area contributed by atoms with Crippen molar-refractivity contribution in [1.29, 1.82) is 0 Å². The smallest absolute Gasteiger partial charge is 0.271 e. The Kier molecular flexibility index (Phi) is 7.12. The van der Waals surface area contributed by atoms with Crippen LogP contribution in [0.1, 0.15) is 12.0 Å². The number of anilines is 1. The van der Waals surface area contributed by atoms with Crippen molar-refractivity contribution in [2.45, 2.75) is 19.9 Å². The molecule has 1 aromatic heterocycles. The van der Waals surface area contributed by atoms with Crippen LogP contribution in [-0.4, -0.2) is 10.8 Å². The number of hydrogen-bond acceptors (Lipinski definition) is 3. The maximum Gasteiger partial charge on any atom is 0.271 e. The van der Waals surface area contributed by atoms with Crippen molar-refractivity contribution >= 4 is 28.9 Å². The van der Waals surface area contributed by atoms with Crippen LogP contribution in [0.25, 0.3) is 0 Å². The summed E-state index contributed by atoms with van der Waals surface area (Å²) >= 11 is 5.93. The zero-order valence-corrected chi connectivity index (χ0v) is 14.7. The summed E-state index contributed by atoms with van der Waals surface area (Å²) < 4.78 is 1.91. The number of aromatic nitrogens is 1. The molecule has 2 rings (SSSR count). The Morgan fingerprint density at radius 3 is 2.52 bits per heavy atom. The summed E-state index contributed by atoms with van der Waals surface area (Å²) in [6.07, 6.45) is 4.09. The molecule has 0 saturated heterocycles. The SMILES string of the molecule is Cc1cc[n+](CCC(=O)Nc2ccc([N+](=O)[O-])cc2Cl)cc1.[Br-]. The number of nitro benzene ring substituents is 1. The minimum absolute atomic E-state index is 0. The fraction of sp³-hybridized carbons (Fsp3) is 0.200. The maximum atomic E-state index is 11.9. The van der Waals surface area contributed by atoms with Gasteiger partial charge in [0.15, 0.2) is 18.9 Å². The van der Waals surface area contributed by atoms with Gasteiger partial charge < -0.3 is 22.3 Å². The van der Waals surface area contributed by atoms with Gasteiger partial charge in [0.25, 0.3) is 5.69 Å². The van der Waals surface area contributed by atoms with Gasteiger partial charge in [-0.25, -0.2) is 4.57 Å². The highest BCUT2D eigenvalue weighted by molar-refractivity contribution is 6.33. The second kappa shape index (κ2) is 8.59. The number of amides is 1. The van der Waals surface area contributed by atoms with Crippen molar-refractivity contribution in [2.75, 3.05) is 5.32 Å². The molecular formula is C15H15BrClN3O3. The van der Waals surface area contributed by atoms with Crippen LogP contribution in [0, 0.1) is 17.0 Å². The van der Waals surface area contributed by atoms with Crippen LogP contribution in [0.15, 0.2) is 42.7 Å². The Morgan fingerprint density at radius 2 is 1.96 bits per heavy atom. The van der Waals surface area contributed by atoms with E-state index in [-0.39, 0.29) is 40.0 Å². The summed E-state index contributed by atoms with van der Waals surface area (Å²) in [6, 6.07) is 7.87. The molecular weight excluding hydrogens is 386 g/mol. The first-order chi connectivity index (χ1) is 10.5. The molecule has 0 aliphatic heterocycles. The van der Waals surface area contributed by atoms with Gasteiger partial charge >= 0.3 is 0 Å². The lowest BCUT2D eigenvalue weighted by atomic mass is 10.2. The number of nitro groups is 1. The van der Waals surface area contributed by atoms with E-state index in [0.29, 0.717) is 12.2 Å². The Bertz CT molecular complexity index is 708. The highest BCUT2D eigenvalue weighted by Gasteiger charge is 2.12. The van der Waals surface area contributed by atoms with E-state index in [9.17, 15) is 14.9 Å². The second-order valence-electron chi connectivity index (χ2n) is 4.83. The van der Waals surface area contributed by atoms with E-state index in [4.69, 9.17) is 11.6 Å². The van der Waals surface area contributed by atoms with Crippen molar-refractivity contribution in [3.8, 4) is 0 Å². The number of non-ortho nitro benzene ring substituents is 1. The summed E-state index contributed by atoms with van der Waals surface area (Å²) in [6.45, 7) is 2.53. The molecule has 1 aromatic carbocycles. The molecule has 2 aromatic rings. The molecule has 0 radical (unpaired) electrons. The fourth-order valence-electron chi connectivity index (χ4n) is 1.84. The van der Waals surface area contributed by atoms with E-state index >= 15 is 0 Å². The van der Waals surface area contributed by atoms with Gasteiger partial charge in [-0.15, -0.1) is 0 Å². The average Bonchev–Trinajstić information content (AvgIpc) is 2.48. The van der Waals surface area contributed by atoms with Gasteiger partial charge in [-0.05, 0) is 18.6 Å². The Balaban J connectivity index is 0.00000264. The van der Waals surface area contributed by atoms with Crippen molar-refractivity contribution in [1.82, 2.24) is 0 Å². The zero-order chi connectivity index (χ0) is 16.1. The van der Waals surface area contributed by atoms with Gasteiger partial charge in [-0.3, -0.25) is 14.9 Å². The summed E-state index contributed by atoms with van der Waals surface area (Å²) in [5, 5.41) is 13.4. The first-order valence-electron chi connectivity index (χ1n) is 6.65. The molecule has 0 spiro atoms. The Hall–Kier alpha value is -1.99. The van der Waals surface area contributed by atoms with Crippen molar-refractivity contribution in [3.05, 3.63) is 63.4 Å². The number of carbonyl (C=O) groups is 1. The lowest BCUT2D eigenvalue weighted by Crippen LogP contribution is -3.00. The van der Waals surface area contributed by atoms with Crippen LogP contribution < -0.4 is 26.9 Å². The van der Waals surface area contributed by atoms with E-state index in [1.54, 1.807) is 0 Å². The number of halogens is 2. The minimum atomic E-state index is -0.536. The number of aryl methyl sites for hydroxylation is 2. The predicted octanol–water partition coefficient (Wildman–Crippen LogP) is -0.123. The Morgan fingerprint density at radius 1 is 1.30 bits per heavy atom. The number of hydrogen-bond donors (Lipinski definition) is 1. The third-order valence-electron chi connectivity index (χ3n) is 3.09. The van der Waals surface area contributed by atoms with Crippen molar-refractivity contribution < 1.29 is 31.3 Å². The summed E-state index contributed by atoms with van der Waals surface area (Å²) in [7, 11) is 0. The van der Waals surface area contributed by atoms with Crippen LogP contribution in [0.5, 0.6) is 0 Å². The maximum absolute atomic E-state index is 11.9. The summed E-state index contributed by atoms with van der Waals surface area (Å²) in [5.41, 5.74) is 1.41. The lowest BCUT2D eigenvalue weighted by molar-refractivity contribution is -0.695. The number of benzene rings is 1. The fourth-order valence-corrected chi connectivity index (χ4v) is 2.07. The molecule has 0 aliphatic rings. The van der Waals surface area contributed by atoms with Gasteiger partial charge in [-0.1, -0.05) is 11.6 Å². The minimum Gasteiger partial charge on any atom is -1.00 e. The van der Waals surface area contributed by atoms with Crippen LogP contribution in [-0.2, 0) is 11.3 Å². The second-order valence-corrected chi connectivity index (χ2v) is 5.24. The van der Waals surface area contributed by atoms with E-state index in [2.05, 4.69) is 5.32 Å². The number of nitrogens with zero attached hydrogens (tertiary/aromatic N) is 2. The highest BCUT2D eigenvalue weighted by Crippen LogP contribution is 2.26. The molecule has 0 saturated carbocycles. The van der Waals surface area contributed by atoms with Crippen LogP contribution in [0.4, 0.5) is 11.4 Å². The van der Waals surface area contributed by atoms with Gasteiger partial charge in [0, 0.05) is 24.3 Å². The number of pyridine rings is 1. The third kappa shape index (κ3) is 5.61. The molecule has 8 heteroatoms. The monoisotopic (exact) mass is 399 g/mol. The van der Waals surface area contributed by atoms with Gasteiger partial charge in [0.1, 0.15) is 0 Å². The van der Waals surface area contributed by atoms with Gasteiger partial charge in [0.2, 0.25) is 5.91 Å². The predicted molar refractivity (Wildman–Crippen MR) is 82.7 cm³/mol. The van der Waals surface area contributed by atoms with E-state index in [0.717, 1.165) is 5.56 Å². The van der Waals surface area contributed by atoms with Crippen LogP contribution in [0.3, 0.4) is 0 Å². The first kappa shape index (κ1) is 19.1. The molecule has 0 unspecified atom stereocenters. The first-order valence-corrected chi connectivity index (χ1v) is 7.03. The molecule has 6 nitrogen and oxygen atoms in total. The Labute approximate surface area is 149 Å². The third-order valence-corrected chi connectivity index (χ3v) is 3.41. The number of carbonyl (C=O) groups excluding carboxylic acids is 1. The zero-order valence-electron chi connectivity index (χ0n) is 12.3. The summed E-state index contributed by atoms with van der Waals surface area (Å²) in [4.78, 5) is 22.0. The molecule has 0 aliphatic carbocycles. The molecule has 0 fully saturated rings. The molecule has 1 heterocycles. The van der Waals surface area contributed by atoms with Crippen LogP contribution >= 0.6 is 11.6 Å². The van der Waals surface area contributed by atoms with Gasteiger partial charge in [0.05, 0.1) is 22.1 Å². The summed E-state index contributed by atoms with van der Waals surface area (Å²) in [5.74, 6) is -0.205. The quantitative estimate of drug-likeness (QED) is 0.432. The van der Waals surface area contributed by atoms with Crippen molar-refractivity contribution in [2.24, 2.45) is 0 Å². The standard InChI is InChI=1S/C15H14ClN3O3.BrH/c1-11-4-7-18(8-5-11)9-6-15(20)17-14-3-2-12(19(21)22)10-13(14)16;/h2-5,7-8,10H,6,9H2,1H3;1H. The number of nitrogens with one attached hydrogen (secondary N) is 1. The van der Waals surface area contributed by atoms with Crippen LogP contribution in [0.2, 0.25) is 5.02 Å². The van der Waals surface area contributed by atoms with Gasteiger partial charge in [-0.2, -0.15) is 0 Å². The molecule has 122 valence electrons. The van der Waals surface area contributed by atoms with Crippen molar-refractivity contribution in [3.63, 3.8) is 0 Å². The molecule has 0 atom stereocenters. The molecule has 0 bridgehead atoms. The van der Waals surface area contributed by atoms with E-state index in [1.807, 2.05) is 36.0 Å². The topological polar surface area (TPSA) is 76.1 Å². The molecule has 1 amide bonds. The number of rotatable bonds is 5. The molecule has 1 N–H and O–H groups in total.